The van der Waals surface area contributed by atoms with Gasteiger partial charge in [-0.2, -0.15) is 4.99 Å². The number of thiazole rings is 2. The van der Waals surface area contributed by atoms with Gasteiger partial charge in [-0.05, 0) is 18.2 Å². The molecule has 0 aliphatic carbocycles. The van der Waals surface area contributed by atoms with Crippen molar-refractivity contribution in [1.29, 1.82) is 0 Å². The summed E-state index contributed by atoms with van der Waals surface area (Å²) in [5.74, 6) is -0.148. The molecule has 3 aromatic rings. The van der Waals surface area contributed by atoms with Crippen LogP contribution in [0.25, 0.3) is 10.2 Å². The van der Waals surface area contributed by atoms with E-state index in [0.29, 0.717) is 15.0 Å². The summed E-state index contributed by atoms with van der Waals surface area (Å²) < 4.78 is 2.82. The fourth-order valence-electron chi connectivity index (χ4n) is 2.02. The molecule has 0 saturated heterocycles. The van der Waals surface area contributed by atoms with Crippen LogP contribution in [0.15, 0.2) is 34.8 Å². The number of carbonyl (C=O) groups is 2. The molecule has 2 aromatic heterocycles. The van der Waals surface area contributed by atoms with Gasteiger partial charge in [0.2, 0.25) is 5.91 Å². The van der Waals surface area contributed by atoms with Crippen molar-refractivity contribution in [2.75, 3.05) is 16.8 Å². The van der Waals surface area contributed by atoms with E-state index in [0.717, 1.165) is 10.2 Å². The van der Waals surface area contributed by atoms with Gasteiger partial charge in [0.15, 0.2) is 9.93 Å². The number of aryl methyl sites for hydroxylation is 1. The van der Waals surface area contributed by atoms with E-state index in [-0.39, 0.29) is 23.3 Å². The smallest absolute Gasteiger partial charge is 0.258 e. The molecular weight excluding hydrogens is 400 g/mol. The zero-order chi connectivity index (χ0) is 17.8. The number of rotatable bonds is 5. The predicted octanol–water partition coefficient (Wildman–Crippen LogP) is 3.15. The minimum absolute atomic E-state index is 0.139. The summed E-state index contributed by atoms with van der Waals surface area (Å²) in [4.78, 5) is 32.5. The standard InChI is InChI=1S/C15H13ClN4O2S3/c1-20-10-3-2-9(16)6-11(10)25-15(20)19-13(22)8-23-7-12(21)18-14-17-4-5-24-14/h2-6H,7-8H2,1H3,(H,17,18,21). The normalized spacial score (nSPS) is 11.8. The maximum absolute atomic E-state index is 12.0. The molecule has 0 saturated carbocycles. The van der Waals surface area contributed by atoms with E-state index in [1.54, 1.807) is 17.6 Å². The molecule has 130 valence electrons. The van der Waals surface area contributed by atoms with Crippen LogP contribution >= 0.6 is 46.0 Å². The molecule has 10 heteroatoms. The van der Waals surface area contributed by atoms with Crippen LogP contribution in [0, 0.1) is 0 Å². The molecule has 25 heavy (non-hydrogen) atoms. The first-order chi connectivity index (χ1) is 12.0. The lowest BCUT2D eigenvalue weighted by molar-refractivity contribution is -0.115. The highest BCUT2D eigenvalue weighted by Crippen LogP contribution is 2.21. The third kappa shape index (κ3) is 4.69. The lowest BCUT2D eigenvalue weighted by Gasteiger charge is -2.00. The molecule has 0 aliphatic rings. The van der Waals surface area contributed by atoms with Crippen LogP contribution in [-0.4, -0.2) is 32.9 Å². The number of amides is 2. The molecule has 0 aliphatic heterocycles. The van der Waals surface area contributed by atoms with E-state index in [1.807, 2.05) is 23.7 Å². The van der Waals surface area contributed by atoms with Crippen LogP contribution in [-0.2, 0) is 16.6 Å². The van der Waals surface area contributed by atoms with Crippen LogP contribution < -0.4 is 10.1 Å². The average Bonchev–Trinajstić information content (AvgIpc) is 3.16. The molecule has 0 unspecified atom stereocenters. The SMILES string of the molecule is Cn1c(=NC(=O)CSCC(=O)Nc2nccs2)sc2cc(Cl)ccc21. The summed E-state index contributed by atoms with van der Waals surface area (Å²) in [6.07, 6.45) is 1.62. The van der Waals surface area contributed by atoms with Crippen molar-refractivity contribution in [3.8, 4) is 0 Å². The molecule has 6 nitrogen and oxygen atoms in total. The molecular formula is C15H13ClN4O2S3. The second kappa shape index (κ2) is 8.13. The summed E-state index contributed by atoms with van der Waals surface area (Å²) in [6, 6.07) is 5.55. The predicted molar refractivity (Wildman–Crippen MR) is 104 cm³/mol. The van der Waals surface area contributed by atoms with Gasteiger partial charge in [0, 0.05) is 23.6 Å². The number of carbonyl (C=O) groups excluding carboxylic acids is 2. The van der Waals surface area contributed by atoms with Gasteiger partial charge >= 0.3 is 0 Å². The van der Waals surface area contributed by atoms with Crippen molar-refractivity contribution in [3.63, 3.8) is 0 Å². The average molecular weight is 413 g/mol. The Morgan fingerprint density at radius 3 is 3.00 bits per heavy atom. The van der Waals surface area contributed by atoms with E-state index < -0.39 is 0 Å². The second-order valence-corrected chi connectivity index (χ2v) is 8.27. The summed E-state index contributed by atoms with van der Waals surface area (Å²) in [7, 11) is 1.85. The third-order valence-corrected chi connectivity index (χ3v) is 6.06. The van der Waals surface area contributed by atoms with Crippen LogP contribution in [0.1, 0.15) is 0 Å². The minimum atomic E-state index is -0.277. The zero-order valence-corrected chi connectivity index (χ0v) is 16.3. The van der Waals surface area contributed by atoms with Crippen molar-refractivity contribution in [2.45, 2.75) is 0 Å². The van der Waals surface area contributed by atoms with Gasteiger partial charge in [-0.1, -0.05) is 22.9 Å². The van der Waals surface area contributed by atoms with Crippen LogP contribution in [0.5, 0.6) is 0 Å². The number of fused-ring (bicyclic) bond motifs is 1. The van der Waals surface area contributed by atoms with Gasteiger partial charge < -0.3 is 9.88 Å². The van der Waals surface area contributed by atoms with Gasteiger partial charge in [0.25, 0.3) is 5.91 Å². The second-order valence-electron chi connectivity index (χ2n) is 4.94. The minimum Gasteiger partial charge on any atom is -0.319 e. The quantitative estimate of drug-likeness (QED) is 0.698. The third-order valence-electron chi connectivity index (χ3n) is 3.13. The van der Waals surface area contributed by atoms with Crippen molar-refractivity contribution in [2.24, 2.45) is 12.0 Å². The van der Waals surface area contributed by atoms with E-state index in [9.17, 15) is 9.59 Å². The zero-order valence-electron chi connectivity index (χ0n) is 13.1. The highest BCUT2D eigenvalue weighted by Gasteiger charge is 2.08. The van der Waals surface area contributed by atoms with Crippen LogP contribution in [0.3, 0.4) is 0 Å². The number of thioether (sulfide) groups is 1. The molecule has 3 rings (SSSR count). The number of halogens is 1. The number of benzene rings is 1. The fraction of sp³-hybridized carbons (Fsp3) is 0.200. The summed E-state index contributed by atoms with van der Waals surface area (Å²) in [5.41, 5.74) is 0.969. The summed E-state index contributed by atoms with van der Waals surface area (Å²) in [6.45, 7) is 0. The van der Waals surface area contributed by atoms with E-state index in [2.05, 4.69) is 15.3 Å². The molecule has 0 atom stereocenters. The summed E-state index contributed by atoms with van der Waals surface area (Å²) >= 11 is 9.96. The Kier molecular flexibility index (Phi) is 5.89. The Bertz CT molecular complexity index is 978. The maximum Gasteiger partial charge on any atom is 0.258 e. The number of nitrogens with one attached hydrogen (secondary N) is 1. The molecule has 2 amide bonds. The van der Waals surface area contributed by atoms with Crippen molar-refractivity contribution >= 4 is 73.2 Å². The molecule has 0 radical (unpaired) electrons. The Morgan fingerprint density at radius 2 is 2.24 bits per heavy atom. The summed E-state index contributed by atoms with van der Waals surface area (Å²) in [5, 5.41) is 5.65. The van der Waals surface area contributed by atoms with Crippen molar-refractivity contribution < 1.29 is 9.59 Å². The number of aromatic nitrogens is 2. The first kappa shape index (κ1) is 18.1. The van der Waals surface area contributed by atoms with Crippen LogP contribution in [0.2, 0.25) is 5.02 Å². The Labute approximate surface area is 160 Å². The molecule has 1 N–H and O–H groups in total. The van der Waals surface area contributed by atoms with E-state index in [1.165, 1.54) is 34.4 Å². The van der Waals surface area contributed by atoms with Gasteiger partial charge in [0.05, 0.1) is 21.7 Å². The lowest BCUT2D eigenvalue weighted by Crippen LogP contribution is -2.16. The molecule has 0 bridgehead atoms. The highest BCUT2D eigenvalue weighted by atomic mass is 35.5. The highest BCUT2D eigenvalue weighted by molar-refractivity contribution is 8.00. The lowest BCUT2D eigenvalue weighted by atomic mass is 10.3. The van der Waals surface area contributed by atoms with Gasteiger partial charge in [-0.3, -0.25) is 9.59 Å². The molecule has 1 aromatic carbocycles. The Hall–Kier alpha value is -1.68. The number of hydrogen-bond acceptors (Lipinski definition) is 6. The number of anilines is 1. The topological polar surface area (TPSA) is 76.3 Å². The monoisotopic (exact) mass is 412 g/mol. The first-order valence-electron chi connectivity index (χ1n) is 7.12. The van der Waals surface area contributed by atoms with Crippen molar-refractivity contribution in [3.05, 3.63) is 39.6 Å². The van der Waals surface area contributed by atoms with Crippen molar-refractivity contribution in [1.82, 2.24) is 9.55 Å². The Morgan fingerprint density at radius 1 is 1.40 bits per heavy atom. The van der Waals surface area contributed by atoms with Gasteiger partial charge in [0.1, 0.15) is 0 Å². The van der Waals surface area contributed by atoms with E-state index >= 15 is 0 Å². The van der Waals surface area contributed by atoms with Gasteiger partial charge in [-0.25, -0.2) is 4.98 Å². The first-order valence-corrected chi connectivity index (χ1v) is 10.4. The molecule has 0 spiro atoms. The fourth-order valence-corrected chi connectivity index (χ4v) is 4.48. The Balaban J connectivity index is 1.59. The van der Waals surface area contributed by atoms with Gasteiger partial charge in [-0.15, -0.1) is 23.1 Å². The number of hydrogen-bond donors (Lipinski definition) is 1. The molecule has 0 fully saturated rings. The number of nitrogens with zero attached hydrogens (tertiary/aromatic N) is 3. The maximum atomic E-state index is 12.0. The van der Waals surface area contributed by atoms with Crippen LogP contribution in [0.4, 0.5) is 5.13 Å². The van der Waals surface area contributed by atoms with E-state index in [4.69, 9.17) is 11.6 Å². The largest absolute Gasteiger partial charge is 0.319 e. The molecule has 2 heterocycles.